The van der Waals surface area contributed by atoms with Crippen molar-refractivity contribution >= 4 is 46.4 Å². The molecule has 2 aromatic rings. The number of likely N-dealkylation sites (tertiary alicyclic amines) is 1. The Morgan fingerprint density at radius 2 is 1.72 bits per heavy atom. The Labute approximate surface area is 194 Å². The van der Waals surface area contributed by atoms with Crippen molar-refractivity contribution in [1.82, 2.24) is 14.8 Å². The number of guanidine groups is 1. The SMILES string of the molecule is I.NC(=NCc1ccccc1CN1CCCCC1)N1CCN(c2nccs2)CC1. The van der Waals surface area contributed by atoms with E-state index < -0.39 is 0 Å². The van der Waals surface area contributed by atoms with E-state index in [1.807, 2.05) is 11.6 Å². The van der Waals surface area contributed by atoms with Gasteiger partial charge in [-0.25, -0.2) is 9.98 Å². The Morgan fingerprint density at radius 3 is 2.41 bits per heavy atom. The number of nitrogens with two attached hydrogens (primary N) is 1. The van der Waals surface area contributed by atoms with E-state index in [0.717, 1.165) is 37.9 Å². The van der Waals surface area contributed by atoms with E-state index in [1.54, 1.807) is 11.3 Å². The van der Waals surface area contributed by atoms with Gasteiger partial charge in [0.05, 0.1) is 6.54 Å². The molecular formula is C21H31IN6S. The molecule has 2 saturated heterocycles. The van der Waals surface area contributed by atoms with Crippen molar-refractivity contribution in [3.05, 3.63) is 47.0 Å². The van der Waals surface area contributed by atoms with Gasteiger partial charge in [0, 0.05) is 44.3 Å². The second-order valence-electron chi connectivity index (χ2n) is 7.57. The standard InChI is InChI=1S/C21H30N6S.HI/c22-20(26-11-13-27(14-12-26)21-23-8-15-28-21)24-16-18-6-2-3-7-19(18)17-25-9-4-1-5-10-25;/h2-3,6-8,15H,1,4-5,9-14,16-17H2,(H2,22,24);1H. The van der Waals surface area contributed by atoms with Crippen LogP contribution in [0.15, 0.2) is 40.8 Å². The molecule has 2 N–H and O–H groups in total. The fourth-order valence-electron chi connectivity index (χ4n) is 3.99. The van der Waals surface area contributed by atoms with Crippen molar-refractivity contribution in [1.29, 1.82) is 0 Å². The number of aromatic nitrogens is 1. The van der Waals surface area contributed by atoms with Crippen LogP contribution in [-0.4, -0.2) is 60.0 Å². The van der Waals surface area contributed by atoms with E-state index in [2.05, 4.69) is 43.9 Å². The third-order valence-corrected chi connectivity index (χ3v) is 6.50. The smallest absolute Gasteiger partial charge is 0.191 e. The molecule has 0 unspecified atom stereocenters. The van der Waals surface area contributed by atoms with Crippen molar-refractivity contribution in [2.24, 2.45) is 10.7 Å². The molecular weight excluding hydrogens is 495 g/mol. The zero-order valence-electron chi connectivity index (χ0n) is 16.9. The highest BCUT2D eigenvalue weighted by molar-refractivity contribution is 14.0. The van der Waals surface area contributed by atoms with Crippen molar-refractivity contribution < 1.29 is 0 Å². The molecule has 0 radical (unpaired) electrons. The average Bonchev–Trinajstić information content (AvgIpc) is 3.29. The number of rotatable bonds is 5. The van der Waals surface area contributed by atoms with Gasteiger partial charge in [-0.05, 0) is 37.1 Å². The summed E-state index contributed by atoms with van der Waals surface area (Å²) in [6.45, 7) is 7.77. The van der Waals surface area contributed by atoms with E-state index in [-0.39, 0.29) is 24.0 Å². The quantitative estimate of drug-likeness (QED) is 0.368. The van der Waals surface area contributed by atoms with Crippen LogP contribution in [0.4, 0.5) is 5.13 Å². The summed E-state index contributed by atoms with van der Waals surface area (Å²) in [6.07, 6.45) is 5.87. The second-order valence-corrected chi connectivity index (χ2v) is 8.44. The Morgan fingerprint density at radius 1 is 1.00 bits per heavy atom. The lowest BCUT2D eigenvalue weighted by atomic mass is 10.1. The van der Waals surface area contributed by atoms with Gasteiger partial charge in [-0.3, -0.25) is 4.90 Å². The van der Waals surface area contributed by atoms with Gasteiger partial charge in [-0.1, -0.05) is 30.7 Å². The molecule has 0 spiro atoms. The largest absolute Gasteiger partial charge is 0.370 e. The Hall–Kier alpha value is -1.39. The minimum atomic E-state index is 0. The number of piperazine rings is 1. The number of aliphatic imine (C=N–C) groups is 1. The van der Waals surface area contributed by atoms with Crippen LogP contribution in [0.3, 0.4) is 0 Å². The lowest BCUT2D eigenvalue weighted by Gasteiger charge is -2.35. The first-order chi connectivity index (χ1) is 13.8. The van der Waals surface area contributed by atoms with Gasteiger partial charge in [-0.15, -0.1) is 35.3 Å². The molecule has 8 heteroatoms. The van der Waals surface area contributed by atoms with Gasteiger partial charge < -0.3 is 15.5 Å². The molecule has 2 aliphatic heterocycles. The highest BCUT2D eigenvalue weighted by Crippen LogP contribution is 2.19. The summed E-state index contributed by atoms with van der Waals surface area (Å²) in [5, 5.41) is 3.13. The summed E-state index contributed by atoms with van der Waals surface area (Å²) >= 11 is 1.69. The number of nitrogens with zero attached hydrogens (tertiary/aromatic N) is 5. The number of anilines is 1. The summed E-state index contributed by atoms with van der Waals surface area (Å²) in [4.78, 5) is 16.2. The van der Waals surface area contributed by atoms with Gasteiger partial charge in [0.2, 0.25) is 0 Å². The first-order valence-corrected chi connectivity index (χ1v) is 11.2. The lowest BCUT2D eigenvalue weighted by molar-refractivity contribution is 0.220. The van der Waals surface area contributed by atoms with Gasteiger partial charge >= 0.3 is 0 Å². The molecule has 6 nitrogen and oxygen atoms in total. The third-order valence-electron chi connectivity index (χ3n) is 5.67. The molecule has 158 valence electrons. The maximum absolute atomic E-state index is 6.33. The Kier molecular flexibility index (Phi) is 8.55. The molecule has 2 fully saturated rings. The molecule has 29 heavy (non-hydrogen) atoms. The van der Waals surface area contributed by atoms with Crippen molar-refractivity contribution in [2.75, 3.05) is 44.2 Å². The lowest BCUT2D eigenvalue weighted by Crippen LogP contribution is -2.51. The van der Waals surface area contributed by atoms with Crippen LogP contribution in [0, 0.1) is 0 Å². The fourth-order valence-corrected chi connectivity index (χ4v) is 4.69. The molecule has 0 bridgehead atoms. The highest BCUT2D eigenvalue weighted by Gasteiger charge is 2.20. The van der Waals surface area contributed by atoms with E-state index in [4.69, 9.17) is 10.7 Å². The topological polar surface area (TPSA) is 61.0 Å². The van der Waals surface area contributed by atoms with Crippen LogP contribution in [0.5, 0.6) is 0 Å². The predicted molar refractivity (Wildman–Crippen MR) is 132 cm³/mol. The molecule has 0 aliphatic carbocycles. The molecule has 0 atom stereocenters. The number of thiazole rings is 1. The zero-order chi connectivity index (χ0) is 19.2. The van der Waals surface area contributed by atoms with Crippen molar-refractivity contribution in [3.63, 3.8) is 0 Å². The average molecular weight is 526 g/mol. The van der Waals surface area contributed by atoms with Crippen LogP contribution in [0.1, 0.15) is 30.4 Å². The number of benzene rings is 1. The van der Waals surface area contributed by atoms with Crippen LogP contribution in [0.25, 0.3) is 0 Å². The van der Waals surface area contributed by atoms with Crippen LogP contribution in [0.2, 0.25) is 0 Å². The summed E-state index contributed by atoms with van der Waals surface area (Å²) < 4.78 is 0. The van der Waals surface area contributed by atoms with Crippen LogP contribution < -0.4 is 10.6 Å². The van der Waals surface area contributed by atoms with Gasteiger partial charge in [0.1, 0.15) is 0 Å². The highest BCUT2D eigenvalue weighted by atomic mass is 127. The van der Waals surface area contributed by atoms with Gasteiger partial charge in [-0.2, -0.15) is 0 Å². The maximum Gasteiger partial charge on any atom is 0.191 e. The number of hydrogen-bond acceptors (Lipinski definition) is 5. The number of hydrogen-bond donors (Lipinski definition) is 1. The maximum atomic E-state index is 6.33. The third kappa shape index (κ3) is 6.05. The van der Waals surface area contributed by atoms with Crippen LogP contribution >= 0.6 is 35.3 Å². The molecule has 1 aromatic heterocycles. The molecule has 2 aliphatic rings. The van der Waals surface area contributed by atoms with E-state index in [0.29, 0.717) is 12.5 Å². The van der Waals surface area contributed by atoms with Crippen molar-refractivity contribution in [2.45, 2.75) is 32.4 Å². The fraction of sp³-hybridized carbons (Fsp3) is 0.524. The molecule has 0 saturated carbocycles. The zero-order valence-corrected chi connectivity index (χ0v) is 20.0. The first kappa shape index (κ1) is 22.3. The monoisotopic (exact) mass is 526 g/mol. The normalized spacial score (nSPS) is 18.6. The van der Waals surface area contributed by atoms with E-state index >= 15 is 0 Å². The Balaban J connectivity index is 0.00000240. The number of piperidine rings is 1. The molecule has 4 rings (SSSR count). The predicted octanol–water partition coefficient (Wildman–Crippen LogP) is 3.38. The molecule has 0 amide bonds. The minimum Gasteiger partial charge on any atom is -0.370 e. The summed E-state index contributed by atoms with van der Waals surface area (Å²) in [7, 11) is 0. The minimum absolute atomic E-state index is 0. The van der Waals surface area contributed by atoms with Crippen molar-refractivity contribution in [3.8, 4) is 0 Å². The van der Waals surface area contributed by atoms with Crippen LogP contribution in [-0.2, 0) is 13.1 Å². The second kappa shape index (κ2) is 11.1. The summed E-state index contributed by atoms with van der Waals surface area (Å²) in [6, 6.07) is 8.67. The summed E-state index contributed by atoms with van der Waals surface area (Å²) in [5.74, 6) is 0.659. The molecule has 3 heterocycles. The Bertz CT molecular complexity index is 767. The summed E-state index contributed by atoms with van der Waals surface area (Å²) in [5.41, 5.74) is 9.00. The number of halogens is 1. The van der Waals surface area contributed by atoms with E-state index in [9.17, 15) is 0 Å². The first-order valence-electron chi connectivity index (χ1n) is 10.3. The van der Waals surface area contributed by atoms with Gasteiger partial charge in [0.15, 0.2) is 11.1 Å². The van der Waals surface area contributed by atoms with E-state index in [1.165, 1.54) is 43.5 Å². The van der Waals surface area contributed by atoms with Gasteiger partial charge in [0.25, 0.3) is 0 Å². The molecule has 1 aromatic carbocycles.